The van der Waals surface area contributed by atoms with Gasteiger partial charge in [0, 0.05) is 19.4 Å². The van der Waals surface area contributed by atoms with Crippen LogP contribution in [0.5, 0.6) is 0 Å². The van der Waals surface area contributed by atoms with Crippen LogP contribution < -0.4 is 16.6 Å². The Morgan fingerprint density at radius 1 is 1.17 bits per heavy atom. The molecule has 0 saturated carbocycles. The largest absolute Gasteiger partial charge is 0.330 e. The summed E-state index contributed by atoms with van der Waals surface area (Å²) in [5, 5.41) is 0. The number of aryl methyl sites for hydroxylation is 1. The van der Waals surface area contributed by atoms with Crippen LogP contribution in [-0.2, 0) is 16.0 Å². The first kappa shape index (κ1) is 14.1. The van der Waals surface area contributed by atoms with E-state index in [9.17, 15) is 14.0 Å². The molecule has 1 rings (SSSR count). The van der Waals surface area contributed by atoms with E-state index in [-0.39, 0.29) is 37.0 Å². The van der Waals surface area contributed by atoms with Gasteiger partial charge in [0.25, 0.3) is 0 Å². The van der Waals surface area contributed by atoms with Crippen molar-refractivity contribution in [2.24, 2.45) is 5.73 Å². The van der Waals surface area contributed by atoms with Gasteiger partial charge in [-0.15, -0.1) is 0 Å². The van der Waals surface area contributed by atoms with E-state index in [1.165, 1.54) is 12.1 Å². The minimum Gasteiger partial charge on any atom is -0.330 e. The smallest absolute Gasteiger partial charge is 0.239 e. The Morgan fingerprint density at radius 3 is 2.44 bits per heavy atom. The first-order chi connectivity index (χ1) is 8.61. The Kier molecular flexibility index (Phi) is 5.79. The number of benzene rings is 1. The fourth-order valence-corrected chi connectivity index (χ4v) is 1.35. The average molecular weight is 253 g/mol. The first-order valence-electron chi connectivity index (χ1n) is 5.64. The highest BCUT2D eigenvalue weighted by atomic mass is 19.1. The van der Waals surface area contributed by atoms with Crippen molar-refractivity contribution >= 4 is 11.8 Å². The highest BCUT2D eigenvalue weighted by molar-refractivity contribution is 5.82. The fourth-order valence-electron chi connectivity index (χ4n) is 1.35. The Balaban J connectivity index is 2.27. The van der Waals surface area contributed by atoms with E-state index in [0.29, 0.717) is 6.42 Å². The minimum atomic E-state index is -0.336. The molecule has 2 amide bonds. The van der Waals surface area contributed by atoms with Gasteiger partial charge in [-0.1, -0.05) is 12.1 Å². The SMILES string of the molecule is NCCC(=O)NNC(=O)CCc1cccc(F)c1. The summed E-state index contributed by atoms with van der Waals surface area (Å²) >= 11 is 0. The third kappa shape index (κ3) is 5.40. The lowest BCUT2D eigenvalue weighted by Gasteiger charge is -2.06. The lowest BCUT2D eigenvalue weighted by Crippen LogP contribution is -2.42. The van der Waals surface area contributed by atoms with Gasteiger partial charge in [0.05, 0.1) is 0 Å². The molecule has 0 heterocycles. The van der Waals surface area contributed by atoms with Crippen molar-refractivity contribution in [1.82, 2.24) is 10.9 Å². The molecule has 0 bridgehead atoms. The van der Waals surface area contributed by atoms with Crippen molar-refractivity contribution in [3.8, 4) is 0 Å². The average Bonchev–Trinajstić information content (AvgIpc) is 2.34. The summed E-state index contributed by atoms with van der Waals surface area (Å²) < 4.78 is 12.9. The summed E-state index contributed by atoms with van der Waals surface area (Å²) in [5.41, 5.74) is 10.4. The lowest BCUT2D eigenvalue weighted by atomic mass is 10.1. The highest BCUT2D eigenvalue weighted by Crippen LogP contribution is 2.05. The van der Waals surface area contributed by atoms with Crippen molar-refractivity contribution in [2.75, 3.05) is 6.54 Å². The summed E-state index contributed by atoms with van der Waals surface area (Å²) in [7, 11) is 0. The van der Waals surface area contributed by atoms with Crippen LogP contribution in [0.15, 0.2) is 24.3 Å². The van der Waals surface area contributed by atoms with Gasteiger partial charge in [-0.25, -0.2) is 4.39 Å². The van der Waals surface area contributed by atoms with Crippen LogP contribution in [0.2, 0.25) is 0 Å². The summed E-state index contributed by atoms with van der Waals surface area (Å²) in [6.45, 7) is 0.227. The minimum absolute atomic E-state index is 0.157. The number of hydrogen-bond acceptors (Lipinski definition) is 3. The van der Waals surface area contributed by atoms with E-state index in [0.717, 1.165) is 5.56 Å². The Morgan fingerprint density at radius 2 is 1.83 bits per heavy atom. The van der Waals surface area contributed by atoms with Crippen LogP contribution in [0.25, 0.3) is 0 Å². The normalized spacial score (nSPS) is 9.89. The highest BCUT2D eigenvalue weighted by Gasteiger charge is 2.04. The number of hydrazine groups is 1. The molecule has 0 aliphatic rings. The van der Waals surface area contributed by atoms with E-state index >= 15 is 0 Å². The topological polar surface area (TPSA) is 84.2 Å². The van der Waals surface area contributed by atoms with Crippen LogP contribution in [0, 0.1) is 5.82 Å². The molecule has 0 saturated heterocycles. The number of halogens is 1. The zero-order valence-corrected chi connectivity index (χ0v) is 9.91. The summed E-state index contributed by atoms with van der Waals surface area (Å²) in [4.78, 5) is 22.4. The van der Waals surface area contributed by atoms with Crippen molar-refractivity contribution in [3.63, 3.8) is 0 Å². The molecule has 5 nitrogen and oxygen atoms in total. The van der Waals surface area contributed by atoms with Gasteiger partial charge in [0.1, 0.15) is 5.82 Å². The molecular formula is C12H16FN3O2. The van der Waals surface area contributed by atoms with Gasteiger partial charge in [-0.3, -0.25) is 20.4 Å². The standard InChI is InChI=1S/C12H16FN3O2/c13-10-3-1-2-9(8-10)4-5-11(17)15-16-12(18)6-7-14/h1-3,8H,4-7,14H2,(H,15,17)(H,16,18). The van der Waals surface area contributed by atoms with E-state index in [4.69, 9.17) is 5.73 Å². The maximum atomic E-state index is 12.9. The number of hydrogen-bond donors (Lipinski definition) is 3. The summed E-state index contributed by atoms with van der Waals surface area (Å²) in [6.07, 6.45) is 0.743. The van der Waals surface area contributed by atoms with Crippen LogP contribution in [0.4, 0.5) is 4.39 Å². The molecule has 98 valence electrons. The van der Waals surface area contributed by atoms with Gasteiger partial charge in [-0.05, 0) is 24.1 Å². The van der Waals surface area contributed by atoms with Gasteiger partial charge < -0.3 is 5.73 Å². The second kappa shape index (κ2) is 7.39. The lowest BCUT2D eigenvalue weighted by molar-refractivity contribution is -0.128. The third-order valence-electron chi connectivity index (χ3n) is 2.24. The molecule has 0 aliphatic carbocycles. The molecule has 18 heavy (non-hydrogen) atoms. The molecule has 0 aliphatic heterocycles. The van der Waals surface area contributed by atoms with Gasteiger partial charge in [0.2, 0.25) is 11.8 Å². The number of rotatable bonds is 5. The number of carbonyl (C=O) groups excluding carboxylic acids is 2. The number of amides is 2. The molecule has 0 unspecified atom stereocenters. The fraction of sp³-hybridized carbons (Fsp3) is 0.333. The van der Waals surface area contributed by atoms with Crippen molar-refractivity contribution in [2.45, 2.75) is 19.3 Å². The van der Waals surface area contributed by atoms with Gasteiger partial charge in [-0.2, -0.15) is 0 Å². The Bertz CT molecular complexity index is 424. The molecule has 6 heteroatoms. The monoisotopic (exact) mass is 253 g/mol. The predicted molar refractivity (Wildman–Crippen MR) is 64.7 cm³/mol. The van der Waals surface area contributed by atoms with Crippen molar-refractivity contribution in [1.29, 1.82) is 0 Å². The molecular weight excluding hydrogens is 237 g/mol. The predicted octanol–water partition coefficient (Wildman–Crippen LogP) is 0.255. The zero-order valence-electron chi connectivity index (χ0n) is 9.91. The van der Waals surface area contributed by atoms with Crippen molar-refractivity contribution in [3.05, 3.63) is 35.6 Å². The van der Waals surface area contributed by atoms with Gasteiger partial charge >= 0.3 is 0 Å². The van der Waals surface area contributed by atoms with E-state index in [1.807, 2.05) is 0 Å². The first-order valence-corrected chi connectivity index (χ1v) is 5.64. The number of nitrogens with one attached hydrogen (secondary N) is 2. The third-order valence-corrected chi connectivity index (χ3v) is 2.24. The van der Waals surface area contributed by atoms with Crippen LogP contribution >= 0.6 is 0 Å². The quantitative estimate of drug-likeness (QED) is 0.658. The second-order valence-electron chi connectivity index (χ2n) is 3.76. The maximum Gasteiger partial charge on any atom is 0.239 e. The van der Waals surface area contributed by atoms with Crippen molar-refractivity contribution < 1.29 is 14.0 Å². The zero-order chi connectivity index (χ0) is 13.4. The van der Waals surface area contributed by atoms with E-state index in [2.05, 4.69) is 10.9 Å². The molecule has 0 atom stereocenters. The summed E-state index contributed by atoms with van der Waals surface area (Å²) in [6, 6.07) is 6.05. The molecule has 0 aromatic heterocycles. The Hall–Kier alpha value is -1.95. The number of carbonyl (C=O) groups is 2. The Labute approximate surface area is 105 Å². The maximum absolute atomic E-state index is 12.9. The molecule has 0 spiro atoms. The van der Waals surface area contributed by atoms with Crippen LogP contribution in [-0.4, -0.2) is 18.4 Å². The van der Waals surface area contributed by atoms with E-state index < -0.39 is 0 Å². The van der Waals surface area contributed by atoms with Crippen LogP contribution in [0.1, 0.15) is 18.4 Å². The molecule has 0 radical (unpaired) electrons. The van der Waals surface area contributed by atoms with Crippen LogP contribution in [0.3, 0.4) is 0 Å². The molecule has 0 fully saturated rings. The van der Waals surface area contributed by atoms with E-state index in [1.54, 1.807) is 12.1 Å². The number of nitrogens with two attached hydrogens (primary N) is 1. The van der Waals surface area contributed by atoms with Gasteiger partial charge in [0.15, 0.2) is 0 Å². The second-order valence-corrected chi connectivity index (χ2v) is 3.76. The molecule has 1 aromatic rings. The molecule has 4 N–H and O–H groups in total. The molecule has 1 aromatic carbocycles. The summed E-state index contributed by atoms with van der Waals surface area (Å²) in [5.74, 6) is -0.995.